The van der Waals surface area contributed by atoms with Gasteiger partial charge in [0.25, 0.3) is 0 Å². The minimum absolute atomic E-state index is 0.451. The highest BCUT2D eigenvalue weighted by molar-refractivity contribution is 5.56. The Bertz CT molecular complexity index is 726. The molecule has 4 N–H and O–H groups in total. The van der Waals surface area contributed by atoms with Crippen LogP contribution in [0.2, 0.25) is 0 Å². The van der Waals surface area contributed by atoms with Crippen molar-refractivity contribution in [1.82, 2.24) is 0 Å². The first-order valence-corrected chi connectivity index (χ1v) is 9.42. The van der Waals surface area contributed by atoms with Crippen molar-refractivity contribution in [2.45, 2.75) is 72.6 Å². The Morgan fingerprint density at radius 3 is 1.40 bits per heavy atom. The topological polar surface area (TPSA) is 52.0 Å². The first-order chi connectivity index (χ1) is 11.6. The number of anilines is 2. The van der Waals surface area contributed by atoms with Crippen molar-refractivity contribution in [2.24, 2.45) is 0 Å². The van der Waals surface area contributed by atoms with Crippen molar-refractivity contribution in [3.05, 3.63) is 57.6 Å². The summed E-state index contributed by atoms with van der Waals surface area (Å²) in [5.74, 6) is 1.36. The molecule has 0 bridgehead atoms. The normalized spacial score (nSPS) is 11.8. The Balaban J connectivity index is 2.69. The molecule has 136 valence electrons. The van der Waals surface area contributed by atoms with Gasteiger partial charge in [-0.2, -0.15) is 0 Å². The van der Waals surface area contributed by atoms with Crippen molar-refractivity contribution < 1.29 is 0 Å². The number of nitrogens with two attached hydrogens (primary N) is 2. The Morgan fingerprint density at radius 2 is 1.00 bits per heavy atom. The number of hydrogen-bond donors (Lipinski definition) is 2. The van der Waals surface area contributed by atoms with Gasteiger partial charge in [0.2, 0.25) is 0 Å². The molecular formula is C23H34N2. The Kier molecular flexibility index (Phi) is 5.82. The molecule has 2 rings (SSSR count). The third-order valence-corrected chi connectivity index (χ3v) is 5.09. The van der Waals surface area contributed by atoms with Crippen LogP contribution in [-0.2, 0) is 6.42 Å². The second-order valence-corrected chi connectivity index (χ2v) is 8.22. The molecule has 0 fully saturated rings. The van der Waals surface area contributed by atoms with Crippen LogP contribution < -0.4 is 11.5 Å². The van der Waals surface area contributed by atoms with Gasteiger partial charge in [0.05, 0.1) is 0 Å². The molecule has 0 amide bonds. The first kappa shape index (κ1) is 19.4. The van der Waals surface area contributed by atoms with Crippen molar-refractivity contribution in [2.75, 3.05) is 11.5 Å². The number of nitrogen functional groups attached to an aromatic ring is 2. The molecule has 2 aromatic rings. The van der Waals surface area contributed by atoms with Crippen molar-refractivity contribution in [3.8, 4) is 0 Å². The van der Waals surface area contributed by atoms with Gasteiger partial charge in [0, 0.05) is 11.4 Å². The highest BCUT2D eigenvalue weighted by Gasteiger charge is 2.19. The van der Waals surface area contributed by atoms with Gasteiger partial charge in [-0.05, 0) is 88.7 Å². The summed E-state index contributed by atoms with van der Waals surface area (Å²) in [5.41, 5.74) is 22.3. The zero-order chi connectivity index (χ0) is 18.9. The molecule has 0 saturated heterocycles. The zero-order valence-electron chi connectivity index (χ0n) is 16.9. The van der Waals surface area contributed by atoms with E-state index in [0.717, 1.165) is 17.8 Å². The van der Waals surface area contributed by atoms with E-state index in [1.807, 2.05) is 0 Å². The van der Waals surface area contributed by atoms with Crippen LogP contribution in [0.15, 0.2) is 24.3 Å². The lowest BCUT2D eigenvalue weighted by molar-refractivity contribution is 0.796. The van der Waals surface area contributed by atoms with Crippen molar-refractivity contribution in [1.29, 1.82) is 0 Å². The van der Waals surface area contributed by atoms with E-state index in [0.29, 0.717) is 17.8 Å². The van der Waals surface area contributed by atoms with Crippen LogP contribution in [-0.4, -0.2) is 0 Å². The molecule has 0 aliphatic carbocycles. The lowest BCUT2D eigenvalue weighted by atomic mass is 9.82. The Morgan fingerprint density at radius 1 is 0.640 bits per heavy atom. The minimum atomic E-state index is 0.451. The van der Waals surface area contributed by atoms with E-state index in [9.17, 15) is 0 Å². The van der Waals surface area contributed by atoms with Gasteiger partial charge >= 0.3 is 0 Å². The summed E-state index contributed by atoms with van der Waals surface area (Å²) in [6.45, 7) is 15.7. The lowest BCUT2D eigenvalue weighted by Gasteiger charge is -2.24. The van der Waals surface area contributed by atoms with E-state index in [1.54, 1.807) is 0 Å². The third kappa shape index (κ3) is 4.18. The average Bonchev–Trinajstić information content (AvgIpc) is 2.49. The van der Waals surface area contributed by atoms with Gasteiger partial charge in [-0.25, -0.2) is 0 Å². The fraction of sp³-hybridized carbons (Fsp3) is 0.478. The SMILES string of the molecule is Cc1cc(N)cc(C(C)C)c1Cc1c(C(C)C)cc(N)cc1C(C)C. The molecule has 0 spiro atoms. The van der Waals surface area contributed by atoms with Crippen LogP contribution in [0, 0.1) is 6.92 Å². The zero-order valence-corrected chi connectivity index (χ0v) is 16.9. The number of hydrogen-bond acceptors (Lipinski definition) is 2. The fourth-order valence-corrected chi connectivity index (χ4v) is 3.78. The van der Waals surface area contributed by atoms with Gasteiger partial charge in [-0.1, -0.05) is 41.5 Å². The molecule has 0 atom stereocenters. The van der Waals surface area contributed by atoms with Crippen molar-refractivity contribution >= 4 is 11.4 Å². The van der Waals surface area contributed by atoms with Gasteiger partial charge < -0.3 is 11.5 Å². The van der Waals surface area contributed by atoms with Crippen LogP contribution >= 0.6 is 0 Å². The largest absolute Gasteiger partial charge is 0.399 e. The summed E-state index contributed by atoms with van der Waals surface area (Å²) in [6, 6.07) is 8.57. The quantitative estimate of drug-likeness (QED) is 0.645. The maximum absolute atomic E-state index is 6.21. The van der Waals surface area contributed by atoms with Crippen molar-refractivity contribution in [3.63, 3.8) is 0 Å². The van der Waals surface area contributed by atoms with E-state index >= 15 is 0 Å². The first-order valence-electron chi connectivity index (χ1n) is 9.42. The van der Waals surface area contributed by atoms with E-state index < -0.39 is 0 Å². The summed E-state index contributed by atoms with van der Waals surface area (Å²) in [7, 11) is 0. The smallest absolute Gasteiger partial charge is 0.0319 e. The van der Waals surface area contributed by atoms with Crippen LogP contribution in [0.4, 0.5) is 11.4 Å². The molecular weight excluding hydrogens is 304 g/mol. The van der Waals surface area contributed by atoms with Gasteiger partial charge in [0.1, 0.15) is 0 Å². The number of aryl methyl sites for hydroxylation is 1. The van der Waals surface area contributed by atoms with Crippen LogP contribution in [0.3, 0.4) is 0 Å². The molecule has 2 heteroatoms. The van der Waals surface area contributed by atoms with E-state index in [1.165, 1.54) is 33.4 Å². The molecule has 0 radical (unpaired) electrons. The molecule has 0 aliphatic rings. The maximum Gasteiger partial charge on any atom is 0.0319 e. The molecule has 0 aromatic heterocycles. The summed E-state index contributed by atoms with van der Waals surface area (Å²) in [5, 5.41) is 0. The standard InChI is InChI=1S/C23H34N2/c1-13(2)19-9-17(24)8-16(7)22(19)12-23-20(14(3)4)10-18(25)11-21(23)15(5)6/h8-11,13-15H,12,24-25H2,1-7H3. The predicted octanol–water partition coefficient (Wildman–Crippen LogP) is 6.12. The molecule has 0 unspecified atom stereocenters. The minimum Gasteiger partial charge on any atom is -0.399 e. The van der Waals surface area contributed by atoms with Crippen LogP contribution in [0.5, 0.6) is 0 Å². The summed E-state index contributed by atoms with van der Waals surface area (Å²) in [6.07, 6.45) is 0.945. The summed E-state index contributed by atoms with van der Waals surface area (Å²) in [4.78, 5) is 0. The molecule has 0 saturated carbocycles. The van der Waals surface area contributed by atoms with E-state index in [4.69, 9.17) is 11.5 Å². The highest BCUT2D eigenvalue weighted by Crippen LogP contribution is 2.35. The Labute approximate surface area is 153 Å². The molecule has 0 aliphatic heterocycles. The summed E-state index contributed by atoms with van der Waals surface area (Å²) < 4.78 is 0. The maximum atomic E-state index is 6.21. The third-order valence-electron chi connectivity index (χ3n) is 5.09. The Hall–Kier alpha value is -1.96. The second-order valence-electron chi connectivity index (χ2n) is 8.22. The average molecular weight is 339 g/mol. The van der Waals surface area contributed by atoms with Gasteiger partial charge in [-0.15, -0.1) is 0 Å². The molecule has 0 heterocycles. The molecule has 2 aromatic carbocycles. The second kappa shape index (κ2) is 7.51. The lowest BCUT2D eigenvalue weighted by Crippen LogP contribution is -2.09. The van der Waals surface area contributed by atoms with Gasteiger partial charge in [-0.3, -0.25) is 0 Å². The predicted molar refractivity (Wildman–Crippen MR) is 112 cm³/mol. The fourth-order valence-electron chi connectivity index (χ4n) is 3.78. The van der Waals surface area contributed by atoms with E-state index in [2.05, 4.69) is 72.7 Å². The molecule has 2 nitrogen and oxygen atoms in total. The van der Waals surface area contributed by atoms with Crippen LogP contribution in [0.1, 0.15) is 92.7 Å². The number of benzene rings is 2. The molecule has 25 heavy (non-hydrogen) atoms. The summed E-state index contributed by atoms with van der Waals surface area (Å²) >= 11 is 0. The van der Waals surface area contributed by atoms with E-state index in [-0.39, 0.29) is 0 Å². The van der Waals surface area contributed by atoms with Gasteiger partial charge in [0.15, 0.2) is 0 Å². The highest BCUT2D eigenvalue weighted by atomic mass is 14.6. The number of rotatable bonds is 5. The monoisotopic (exact) mass is 338 g/mol. The van der Waals surface area contributed by atoms with Crippen LogP contribution in [0.25, 0.3) is 0 Å².